The molecule has 0 saturated carbocycles. The monoisotopic (exact) mass is 303 g/mol. The molecule has 6 nitrogen and oxygen atoms in total. The molecule has 0 unspecified atom stereocenters. The number of pyridine rings is 1. The van der Waals surface area contributed by atoms with Gasteiger partial charge < -0.3 is 14.6 Å². The number of ether oxygens (including phenoxy) is 1. The predicted molar refractivity (Wildman–Crippen MR) is 83.4 cm³/mol. The quantitative estimate of drug-likeness (QED) is 0.916. The van der Waals surface area contributed by atoms with Crippen molar-refractivity contribution in [2.24, 2.45) is 0 Å². The van der Waals surface area contributed by atoms with Crippen molar-refractivity contribution in [1.82, 2.24) is 10.1 Å². The first-order valence-electron chi connectivity index (χ1n) is 7.29. The summed E-state index contributed by atoms with van der Waals surface area (Å²) in [4.78, 5) is 16.9. The van der Waals surface area contributed by atoms with Gasteiger partial charge in [-0.15, -0.1) is 0 Å². The van der Waals surface area contributed by atoms with E-state index in [1.165, 1.54) is 0 Å². The van der Waals surface area contributed by atoms with Crippen LogP contribution in [-0.2, 0) is 6.42 Å². The number of anilines is 1. The standard InChI is InChI=1S/C16H21N3O3/c1-6-11-12(7-8-13(17-11)21-5)18-16(20)14-10(4)19-22-15(14)9(2)3/h7-9H,6H2,1-5H3,(H,18,20). The summed E-state index contributed by atoms with van der Waals surface area (Å²) >= 11 is 0. The molecule has 0 spiro atoms. The summed E-state index contributed by atoms with van der Waals surface area (Å²) in [6.07, 6.45) is 0.687. The molecule has 118 valence electrons. The molecule has 0 aliphatic rings. The van der Waals surface area contributed by atoms with Crippen LogP contribution in [0.4, 0.5) is 5.69 Å². The number of carbonyl (C=O) groups excluding carboxylic acids is 1. The van der Waals surface area contributed by atoms with Gasteiger partial charge in [-0.2, -0.15) is 0 Å². The van der Waals surface area contributed by atoms with Gasteiger partial charge in [0.1, 0.15) is 5.56 Å². The van der Waals surface area contributed by atoms with Crippen molar-refractivity contribution in [3.63, 3.8) is 0 Å². The van der Waals surface area contributed by atoms with Gasteiger partial charge in [0.2, 0.25) is 5.88 Å². The van der Waals surface area contributed by atoms with Crippen LogP contribution in [0, 0.1) is 6.92 Å². The summed E-state index contributed by atoms with van der Waals surface area (Å²) in [6.45, 7) is 7.66. The Morgan fingerprint density at radius 1 is 1.41 bits per heavy atom. The van der Waals surface area contributed by atoms with Gasteiger partial charge in [0.25, 0.3) is 5.91 Å². The molecule has 0 aliphatic carbocycles. The maximum atomic E-state index is 12.6. The smallest absolute Gasteiger partial charge is 0.261 e. The Morgan fingerprint density at radius 2 is 2.14 bits per heavy atom. The van der Waals surface area contributed by atoms with Gasteiger partial charge >= 0.3 is 0 Å². The molecular formula is C16H21N3O3. The van der Waals surface area contributed by atoms with Crippen LogP contribution in [0.15, 0.2) is 16.7 Å². The second-order valence-corrected chi connectivity index (χ2v) is 5.32. The van der Waals surface area contributed by atoms with Gasteiger partial charge in [-0.3, -0.25) is 4.79 Å². The Balaban J connectivity index is 2.32. The van der Waals surface area contributed by atoms with Crippen molar-refractivity contribution in [3.05, 3.63) is 34.8 Å². The molecule has 1 N–H and O–H groups in total. The third-order valence-corrected chi connectivity index (χ3v) is 3.38. The van der Waals surface area contributed by atoms with Crippen molar-refractivity contribution in [2.45, 2.75) is 40.0 Å². The van der Waals surface area contributed by atoms with E-state index in [4.69, 9.17) is 9.26 Å². The van der Waals surface area contributed by atoms with Crippen LogP contribution < -0.4 is 10.1 Å². The van der Waals surface area contributed by atoms with Crippen LogP contribution in [0.25, 0.3) is 0 Å². The Labute approximate surface area is 129 Å². The van der Waals surface area contributed by atoms with E-state index >= 15 is 0 Å². The van der Waals surface area contributed by atoms with Crippen molar-refractivity contribution in [1.29, 1.82) is 0 Å². The molecular weight excluding hydrogens is 282 g/mol. The van der Waals surface area contributed by atoms with E-state index < -0.39 is 0 Å². The number of nitrogens with zero attached hydrogens (tertiary/aromatic N) is 2. The van der Waals surface area contributed by atoms with E-state index in [0.29, 0.717) is 35.0 Å². The maximum Gasteiger partial charge on any atom is 0.261 e. The third-order valence-electron chi connectivity index (χ3n) is 3.38. The van der Waals surface area contributed by atoms with Crippen LogP contribution in [-0.4, -0.2) is 23.2 Å². The van der Waals surface area contributed by atoms with Crippen LogP contribution >= 0.6 is 0 Å². The highest BCUT2D eigenvalue weighted by molar-refractivity contribution is 6.06. The normalized spacial score (nSPS) is 10.8. The first-order chi connectivity index (χ1) is 10.5. The van der Waals surface area contributed by atoms with Gasteiger partial charge in [0, 0.05) is 12.0 Å². The molecule has 0 saturated heterocycles. The first-order valence-corrected chi connectivity index (χ1v) is 7.29. The fourth-order valence-electron chi connectivity index (χ4n) is 2.22. The van der Waals surface area contributed by atoms with Crippen LogP contribution in [0.5, 0.6) is 5.88 Å². The molecule has 2 aromatic rings. The summed E-state index contributed by atoms with van der Waals surface area (Å²) < 4.78 is 10.4. The average molecular weight is 303 g/mol. The zero-order valence-corrected chi connectivity index (χ0v) is 13.6. The topological polar surface area (TPSA) is 77.2 Å². The zero-order valence-electron chi connectivity index (χ0n) is 13.6. The lowest BCUT2D eigenvalue weighted by Crippen LogP contribution is -2.16. The Hall–Kier alpha value is -2.37. The second-order valence-electron chi connectivity index (χ2n) is 5.32. The van der Waals surface area contributed by atoms with E-state index in [2.05, 4.69) is 15.5 Å². The summed E-state index contributed by atoms with van der Waals surface area (Å²) in [7, 11) is 1.56. The first kappa shape index (κ1) is 16.0. The SMILES string of the molecule is CCc1nc(OC)ccc1NC(=O)c1c(C)noc1C(C)C. The van der Waals surface area contributed by atoms with Crippen LogP contribution in [0.1, 0.15) is 54.2 Å². The third kappa shape index (κ3) is 3.10. The highest BCUT2D eigenvalue weighted by atomic mass is 16.5. The molecule has 1 amide bonds. The molecule has 6 heteroatoms. The van der Waals surface area contributed by atoms with Crippen LogP contribution in [0.2, 0.25) is 0 Å². The van der Waals surface area contributed by atoms with Crippen molar-refractivity contribution in [3.8, 4) is 5.88 Å². The second kappa shape index (κ2) is 6.60. The van der Waals surface area contributed by atoms with E-state index in [9.17, 15) is 4.79 Å². The van der Waals surface area contributed by atoms with Crippen molar-refractivity contribution < 1.29 is 14.1 Å². The maximum absolute atomic E-state index is 12.6. The number of aromatic nitrogens is 2. The molecule has 2 rings (SSSR count). The fourth-order valence-corrected chi connectivity index (χ4v) is 2.22. The number of nitrogens with one attached hydrogen (secondary N) is 1. The largest absolute Gasteiger partial charge is 0.481 e. The molecule has 0 radical (unpaired) electrons. The lowest BCUT2D eigenvalue weighted by Gasteiger charge is -2.11. The summed E-state index contributed by atoms with van der Waals surface area (Å²) in [5.74, 6) is 0.971. The molecule has 2 aromatic heterocycles. The van der Waals surface area contributed by atoms with Gasteiger partial charge in [-0.25, -0.2) is 4.98 Å². The number of hydrogen-bond donors (Lipinski definition) is 1. The number of rotatable bonds is 5. The molecule has 0 atom stereocenters. The van der Waals surface area contributed by atoms with E-state index in [1.54, 1.807) is 26.2 Å². The Bertz CT molecular complexity index is 677. The lowest BCUT2D eigenvalue weighted by molar-refractivity contribution is 0.102. The van der Waals surface area contributed by atoms with E-state index in [-0.39, 0.29) is 11.8 Å². The number of amides is 1. The summed E-state index contributed by atoms with van der Waals surface area (Å²) in [5.41, 5.74) is 2.52. The van der Waals surface area contributed by atoms with Gasteiger partial charge in [0.15, 0.2) is 5.76 Å². The number of carbonyl (C=O) groups is 1. The minimum Gasteiger partial charge on any atom is -0.481 e. The van der Waals surface area contributed by atoms with E-state index in [1.807, 2.05) is 20.8 Å². The number of hydrogen-bond acceptors (Lipinski definition) is 5. The van der Waals surface area contributed by atoms with Gasteiger partial charge in [-0.1, -0.05) is 25.9 Å². The highest BCUT2D eigenvalue weighted by Gasteiger charge is 2.23. The Morgan fingerprint density at radius 3 is 2.73 bits per heavy atom. The zero-order chi connectivity index (χ0) is 16.3. The molecule has 0 bridgehead atoms. The Kier molecular flexibility index (Phi) is 4.80. The molecule has 22 heavy (non-hydrogen) atoms. The highest BCUT2D eigenvalue weighted by Crippen LogP contribution is 2.25. The number of methoxy groups -OCH3 is 1. The molecule has 0 aromatic carbocycles. The van der Waals surface area contributed by atoms with Gasteiger partial charge in [-0.05, 0) is 19.4 Å². The summed E-state index contributed by atoms with van der Waals surface area (Å²) in [5, 5.41) is 6.79. The van der Waals surface area contributed by atoms with Gasteiger partial charge in [0.05, 0.1) is 24.2 Å². The van der Waals surface area contributed by atoms with Crippen LogP contribution in [0.3, 0.4) is 0 Å². The van der Waals surface area contributed by atoms with E-state index in [0.717, 1.165) is 5.69 Å². The molecule has 0 fully saturated rings. The minimum absolute atomic E-state index is 0.0848. The molecule has 2 heterocycles. The minimum atomic E-state index is -0.232. The lowest BCUT2D eigenvalue weighted by atomic mass is 10.0. The fraction of sp³-hybridized carbons (Fsp3) is 0.438. The summed E-state index contributed by atoms with van der Waals surface area (Å²) in [6, 6.07) is 3.51. The number of aryl methyl sites for hydroxylation is 2. The van der Waals surface area contributed by atoms with Crippen molar-refractivity contribution in [2.75, 3.05) is 12.4 Å². The van der Waals surface area contributed by atoms with Crippen molar-refractivity contribution >= 4 is 11.6 Å². The average Bonchev–Trinajstić information content (AvgIpc) is 2.89. The molecule has 0 aliphatic heterocycles. The predicted octanol–water partition coefficient (Wildman–Crippen LogP) is 3.32.